The lowest BCUT2D eigenvalue weighted by atomic mass is 10.0. The molecule has 1 aliphatic heterocycles. The monoisotopic (exact) mass is 332 g/mol. The lowest BCUT2D eigenvalue weighted by molar-refractivity contribution is -0.123. The highest BCUT2D eigenvalue weighted by molar-refractivity contribution is 5.85. The van der Waals surface area contributed by atoms with Gasteiger partial charge in [-0.2, -0.15) is 0 Å². The van der Waals surface area contributed by atoms with Gasteiger partial charge in [0.25, 0.3) is 5.91 Å². The zero-order valence-corrected chi connectivity index (χ0v) is 13.6. The van der Waals surface area contributed by atoms with Crippen molar-refractivity contribution in [2.45, 2.75) is 0 Å². The van der Waals surface area contributed by atoms with Crippen molar-refractivity contribution < 1.29 is 9.53 Å². The van der Waals surface area contributed by atoms with Crippen LogP contribution in [0.2, 0.25) is 0 Å². The maximum absolute atomic E-state index is 11.9. The number of halogens is 1. The third-order valence-corrected chi connectivity index (χ3v) is 3.78. The highest BCUT2D eigenvalue weighted by Crippen LogP contribution is 2.29. The number of benzene rings is 2. The van der Waals surface area contributed by atoms with E-state index in [1.165, 1.54) is 0 Å². The number of para-hydroxylation sites is 1. The van der Waals surface area contributed by atoms with Gasteiger partial charge in [0.15, 0.2) is 6.61 Å². The number of nitrogens with one attached hydrogen (secondary N) is 2. The Hall–Kier alpha value is -2.04. The minimum absolute atomic E-state index is 0. The molecule has 2 aromatic carbocycles. The Morgan fingerprint density at radius 1 is 1.09 bits per heavy atom. The standard InChI is InChI=1S/C18H20N2O2.ClH/c21-18(20-12-14-10-19-11-14)13-22-17-9-5-4-8-16(17)15-6-2-1-3-7-15;/h1-9,14,19H,10-13H2,(H,20,21);1H. The number of ether oxygens (including phenoxy) is 1. The number of rotatable bonds is 6. The molecule has 2 N–H and O–H groups in total. The Bertz CT molecular complexity index is 630. The van der Waals surface area contributed by atoms with Crippen LogP contribution < -0.4 is 15.4 Å². The third kappa shape index (κ3) is 4.71. The molecule has 23 heavy (non-hydrogen) atoms. The van der Waals surface area contributed by atoms with E-state index in [4.69, 9.17) is 4.74 Å². The lowest BCUT2D eigenvalue weighted by Crippen LogP contribution is -2.48. The summed E-state index contributed by atoms with van der Waals surface area (Å²) in [5.74, 6) is 1.21. The number of carbonyl (C=O) groups is 1. The maximum atomic E-state index is 11.9. The first-order chi connectivity index (χ1) is 10.8. The summed E-state index contributed by atoms with van der Waals surface area (Å²) in [6.45, 7) is 2.73. The van der Waals surface area contributed by atoms with Crippen LogP contribution in [-0.2, 0) is 4.79 Å². The van der Waals surface area contributed by atoms with Crippen molar-refractivity contribution in [1.82, 2.24) is 10.6 Å². The van der Waals surface area contributed by atoms with Crippen LogP contribution in [0.25, 0.3) is 11.1 Å². The molecule has 0 bridgehead atoms. The maximum Gasteiger partial charge on any atom is 0.257 e. The van der Waals surface area contributed by atoms with Crippen LogP contribution in [0.1, 0.15) is 0 Å². The van der Waals surface area contributed by atoms with Gasteiger partial charge >= 0.3 is 0 Å². The molecular weight excluding hydrogens is 312 g/mol. The molecule has 0 spiro atoms. The van der Waals surface area contributed by atoms with Gasteiger partial charge in [-0.15, -0.1) is 12.4 Å². The van der Waals surface area contributed by atoms with Crippen molar-refractivity contribution in [1.29, 1.82) is 0 Å². The normalized spacial score (nSPS) is 13.6. The molecule has 0 saturated carbocycles. The fraction of sp³-hybridized carbons (Fsp3) is 0.278. The highest BCUT2D eigenvalue weighted by atomic mass is 35.5. The molecule has 1 amide bonds. The van der Waals surface area contributed by atoms with E-state index in [-0.39, 0.29) is 24.9 Å². The Morgan fingerprint density at radius 2 is 1.78 bits per heavy atom. The molecule has 0 atom stereocenters. The Kier molecular flexibility index (Phi) is 6.44. The average molecular weight is 333 g/mol. The second kappa shape index (κ2) is 8.56. The molecule has 1 saturated heterocycles. The molecule has 1 heterocycles. The minimum Gasteiger partial charge on any atom is -0.483 e. The van der Waals surface area contributed by atoms with Crippen molar-refractivity contribution in [2.24, 2.45) is 5.92 Å². The number of hydrogen-bond acceptors (Lipinski definition) is 3. The van der Waals surface area contributed by atoms with Crippen LogP contribution in [0.5, 0.6) is 5.75 Å². The largest absolute Gasteiger partial charge is 0.483 e. The van der Waals surface area contributed by atoms with E-state index in [1.54, 1.807) is 0 Å². The van der Waals surface area contributed by atoms with Crippen molar-refractivity contribution in [3.63, 3.8) is 0 Å². The molecule has 5 heteroatoms. The summed E-state index contributed by atoms with van der Waals surface area (Å²) >= 11 is 0. The van der Waals surface area contributed by atoms with Gasteiger partial charge in [-0.25, -0.2) is 0 Å². The van der Waals surface area contributed by atoms with Gasteiger partial charge in [-0.1, -0.05) is 48.5 Å². The van der Waals surface area contributed by atoms with E-state index in [0.29, 0.717) is 5.92 Å². The van der Waals surface area contributed by atoms with E-state index < -0.39 is 0 Å². The molecule has 0 unspecified atom stereocenters. The van der Waals surface area contributed by atoms with E-state index in [0.717, 1.165) is 36.5 Å². The molecule has 0 aliphatic carbocycles. The second-order valence-electron chi connectivity index (χ2n) is 5.48. The van der Waals surface area contributed by atoms with Crippen molar-refractivity contribution in [2.75, 3.05) is 26.2 Å². The first-order valence-electron chi connectivity index (χ1n) is 7.57. The van der Waals surface area contributed by atoms with E-state index >= 15 is 0 Å². The average Bonchev–Trinajstić information content (AvgIpc) is 2.52. The Balaban J connectivity index is 0.00000192. The fourth-order valence-electron chi connectivity index (χ4n) is 2.39. The number of hydrogen-bond donors (Lipinski definition) is 2. The Labute approximate surface area is 142 Å². The van der Waals surface area contributed by atoms with E-state index in [9.17, 15) is 4.79 Å². The number of carbonyl (C=O) groups excluding carboxylic acids is 1. The SMILES string of the molecule is Cl.O=C(COc1ccccc1-c1ccccc1)NCC1CNC1. The van der Waals surface area contributed by atoms with Crippen molar-refractivity contribution in [3.05, 3.63) is 54.6 Å². The van der Waals surface area contributed by atoms with Crippen LogP contribution in [0.4, 0.5) is 0 Å². The van der Waals surface area contributed by atoms with Gasteiger partial charge in [-0.05, 0) is 11.6 Å². The molecule has 3 rings (SSSR count). The number of amides is 1. The summed E-state index contributed by atoms with van der Waals surface area (Å²) < 4.78 is 5.71. The third-order valence-electron chi connectivity index (χ3n) is 3.78. The molecule has 122 valence electrons. The van der Waals surface area contributed by atoms with Crippen molar-refractivity contribution >= 4 is 18.3 Å². The summed E-state index contributed by atoms with van der Waals surface area (Å²) in [5, 5.41) is 6.10. The summed E-state index contributed by atoms with van der Waals surface area (Å²) in [5.41, 5.74) is 2.08. The van der Waals surface area contributed by atoms with Crippen LogP contribution in [0.15, 0.2) is 54.6 Å². The van der Waals surface area contributed by atoms with Gasteiger partial charge in [0.05, 0.1) is 0 Å². The molecule has 4 nitrogen and oxygen atoms in total. The summed E-state index contributed by atoms with van der Waals surface area (Å²) in [7, 11) is 0. The summed E-state index contributed by atoms with van der Waals surface area (Å²) in [4.78, 5) is 11.9. The zero-order valence-electron chi connectivity index (χ0n) is 12.8. The summed E-state index contributed by atoms with van der Waals surface area (Å²) in [6, 6.07) is 17.8. The van der Waals surface area contributed by atoms with Crippen LogP contribution >= 0.6 is 12.4 Å². The summed E-state index contributed by atoms with van der Waals surface area (Å²) in [6.07, 6.45) is 0. The molecule has 1 fully saturated rings. The minimum atomic E-state index is -0.0743. The van der Waals surface area contributed by atoms with Gasteiger partial charge in [0, 0.05) is 31.1 Å². The molecule has 0 radical (unpaired) electrons. The zero-order chi connectivity index (χ0) is 15.2. The predicted octanol–water partition coefficient (Wildman–Crippen LogP) is 2.49. The van der Waals surface area contributed by atoms with Gasteiger partial charge in [0.2, 0.25) is 0 Å². The van der Waals surface area contributed by atoms with Gasteiger partial charge in [-0.3, -0.25) is 4.79 Å². The van der Waals surface area contributed by atoms with E-state index in [1.807, 2.05) is 54.6 Å². The van der Waals surface area contributed by atoms with Crippen molar-refractivity contribution in [3.8, 4) is 16.9 Å². The predicted molar refractivity (Wildman–Crippen MR) is 94.0 cm³/mol. The van der Waals surface area contributed by atoms with Crippen LogP contribution in [0.3, 0.4) is 0 Å². The van der Waals surface area contributed by atoms with Gasteiger partial charge < -0.3 is 15.4 Å². The quantitative estimate of drug-likeness (QED) is 0.854. The Morgan fingerprint density at radius 3 is 2.48 bits per heavy atom. The fourth-order valence-corrected chi connectivity index (χ4v) is 2.39. The van der Waals surface area contributed by atoms with Gasteiger partial charge in [0.1, 0.15) is 5.75 Å². The second-order valence-corrected chi connectivity index (χ2v) is 5.48. The molecule has 2 aromatic rings. The molecule has 0 aromatic heterocycles. The van der Waals surface area contributed by atoms with Crippen LogP contribution in [0, 0.1) is 5.92 Å². The molecular formula is C18H21ClN2O2. The lowest BCUT2D eigenvalue weighted by Gasteiger charge is -2.27. The van der Waals surface area contributed by atoms with E-state index in [2.05, 4.69) is 10.6 Å². The highest BCUT2D eigenvalue weighted by Gasteiger charge is 2.17. The smallest absolute Gasteiger partial charge is 0.257 e. The first-order valence-corrected chi connectivity index (χ1v) is 7.57. The first kappa shape index (κ1) is 17.3. The topological polar surface area (TPSA) is 50.4 Å². The van der Waals surface area contributed by atoms with Crippen LogP contribution in [-0.4, -0.2) is 32.1 Å². The molecule has 1 aliphatic rings.